The zero-order chi connectivity index (χ0) is 33.7. The Morgan fingerprint density at radius 3 is 2.15 bits per heavy atom. The van der Waals surface area contributed by atoms with Crippen LogP contribution in [0.5, 0.6) is 0 Å². The molecule has 1 aliphatic heterocycles. The van der Waals surface area contributed by atoms with Crippen LogP contribution in [0.3, 0.4) is 0 Å². The van der Waals surface area contributed by atoms with Gasteiger partial charge in [0.25, 0.3) is 0 Å². The Morgan fingerprint density at radius 2 is 1.49 bits per heavy atom. The molecule has 7 heteroatoms. The number of nitrogens with zero attached hydrogens (tertiary/aromatic N) is 1. The second-order valence-corrected chi connectivity index (χ2v) is 20.6. The number of rotatable bonds is 6. The fraction of sp³-hybridized carbons (Fsp3) is 0.775. The van der Waals surface area contributed by atoms with Crippen LogP contribution in [0.2, 0.25) is 0 Å². The number of aromatic carboxylic acids is 1. The van der Waals surface area contributed by atoms with Crippen molar-refractivity contribution < 1.29 is 18.3 Å². The number of fused-ring (bicyclic) bond motifs is 7. The summed E-state index contributed by atoms with van der Waals surface area (Å²) in [6, 6.07) is 7.59. The van der Waals surface area contributed by atoms with Gasteiger partial charge < -0.3 is 15.3 Å². The van der Waals surface area contributed by atoms with Gasteiger partial charge in [0, 0.05) is 31.7 Å². The Labute approximate surface area is 284 Å². The Hall–Kier alpha value is -1.70. The van der Waals surface area contributed by atoms with Gasteiger partial charge in [-0.1, -0.05) is 66.2 Å². The summed E-state index contributed by atoms with van der Waals surface area (Å²) >= 11 is 0. The van der Waals surface area contributed by atoms with Gasteiger partial charge in [0.05, 0.1) is 17.1 Å². The highest BCUT2D eigenvalue weighted by molar-refractivity contribution is 7.91. The summed E-state index contributed by atoms with van der Waals surface area (Å²) in [5.41, 5.74) is 4.32. The average molecular weight is 665 g/mol. The lowest BCUT2D eigenvalue weighted by Gasteiger charge is -2.75. The van der Waals surface area contributed by atoms with Crippen LogP contribution in [0.15, 0.2) is 30.3 Å². The Kier molecular flexibility index (Phi) is 8.02. The highest BCUT2D eigenvalue weighted by atomic mass is 32.2. The summed E-state index contributed by atoms with van der Waals surface area (Å²) in [7, 11) is -2.84. The largest absolute Gasteiger partial charge is 0.478 e. The summed E-state index contributed by atoms with van der Waals surface area (Å²) < 4.78 is 23.9. The van der Waals surface area contributed by atoms with E-state index in [-0.39, 0.29) is 16.4 Å². The third-order valence-electron chi connectivity index (χ3n) is 16.5. The predicted octanol–water partition coefficient (Wildman–Crippen LogP) is 7.70. The van der Waals surface area contributed by atoms with Gasteiger partial charge in [-0.05, 0) is 126 Å². The molecule has 2 N–H and O–H groups in total. The zero-order valence-electron chi connectivity index (χ0n) is 30.0. The van der Waals surface area contributed by atoms with E-state index in [0.717, 1.165) is 19.5 Å². The molecule has 7 unspecified atom stereocenters. The highest BCUT2D eigenvalue weighted by Gasteiger charge is 2.73. The van der Waals surface area contributed by atoms with Crippen LogP contribution in [-0.4, -0.2) is 67.6 Å². The number of hydrogen-bond donors (Lipinski definition) is 2. The smallest absolute Gasteiger partial charge is 0.335 e. The van der Waals surface area contributed by atoms with Crippen LogP contribution in [-0.2, 0) is 9.84 Å². The van der Waals surface area contributed by atoms with E-state index in [1.807, 2.05) is 12.1 Å². The topological polar surface area (TPSA) is 86.7 Å². The van der Waals surface area contributed by atoms with Crippen molar-refractivity contribution in [2.75, 3.05) is 37.7 Å². The monoisotopic (exact) mass is 664 g/mol. The molecule has 1 aromatic rings. The van der Waals surface area contributed by atoms with E-state index in [1.165, 1.54) is 68.9 Å². The van der Waals surface area contributed by atoms with Crippen molar-refractivity contribution in [2.45, 2.75) is 111 Å². The maximum Gasteiger partial charge on any atom is 0.335 e. The first kappa shape index (κ1) is 33.8. The van der Waals surface area contributed by atoms with Crippen LogP contribution in [0.25, 0.3) is 5.57 Å². The van der Waals surface area contributed by atoms with Gasteiger partial charge >= 0.3 is 5.97 Å². The lowest BCUT2D eigenvalue weighted by Crippen LogP contribution is -2.71. The maximum absolute atomic E-state index is 12.0. The molecule has 1 saturated heterocycles. The molecule has 7 rings (SSSR count). The molecule has 0 radical (unpaired) electrons. The summed E-state index contributed by atoms with van der Waals surface area (Å²) in [6.07, 6.45) is 15.3. The number of allylic oxidation sites excluding steroid dienone is 2. The van der Waals surface area contributed by atoms with E-state index in [4.69, 9.17) is 0 Å². The minimum Gasteiger partial charge on any atom is -0.478 e. The second-order valence-electron chi connectivity index (χ2n) is 18.3. The van der Waals surface area contributed by atoms with Gasteiger partial charge in [0.2, 0.25) is 0 Å². The summed E-state index contributed by atoms with van der Waals surface area (Å²) in [6.45, 7) is 19.0. The van der Waals surface area contributed by atoms with E-state index in [0.29, 0.717) is 64.2 Å². The molecule has 1 heterocycles. The van der Waals surface area contributed by atoms with Crippen LogP contribution in [0.1, 0.15) is 122 Å². The highest BCUT2D eigenvalue weighted by Crippen LogP contribution is 2.79. The van der Waals surface area contributed by atoms with Crippen LogP contribution < -0.4 is 5.32 Å². The lowest BCUT2D eigenvalue weighted by molar-refractivity contribution is -0.253. The first-order valence-electron chi connectivity index (χ1n) is 18.7. The summed E-state index contributed by atoms with van der Waals surface area (Å²) in [4.78, 5) is 13.9. The predicted molar refractivity (Wildman–Crippen MR) is 190 cm³/mol. The number of hydrogen-bond acceptors (Lipinski definition) is 5. The van der Waals surface area contributed by atoms with E-state index in [1.54, 1.807) is 12.1 Å². The number of sulfone groups is 1. The Bertz CT molecular complexity index is 1540. The van der Waals surface area contributed by atoms with E-state index >= 15 is 0 Å². The Balaban J connectivity index is 1.13. The molecular formula is C40H60N2O4S. The van der Waals surface area contributed by atoms with Crippen molar-refractivity contribution in [2.24, 2.45) is 44.8 Å². The van der Waals surface area contributed by atoms with E-state index < -0.39 is 15.8 Å². The molecule has 47 heavy (non-hydrogen) atoms. The van der Waals surface area contributed by atoms with Gasteiger partial charge in [-0.2, -0.15) is 0 Å². The van der Waals surface area contributed by atoms with Crippen molar-refractivity contribution in [1.82, 2.24) is 10.2 Å². The second kappa shape index (κ2) is 11.2. The van der Waals surface area contributed by atoms with Crippen molar-refractivity contribution >= 4 is 21.4 Å². The number of benzene rings is 1. The minimum atomic E-state index is -2.84. The summed E-state index contributed by atoms with van der Waals surface area (Å²) in [5, 5.41) is 13.6. The molecule has 8 atom stereocenters. The van der Waals surface area contributed by atoms with Crippen molar-refractivity contribution in [3.05, 3.63) is 41.5 Å². The molecule has 0 aromatic heterocycles. The minimum absolute atomic E-state index is 0.0242. The fourth-order valence-corrected chi connectivity index (χ4v) is 15.0. The van der Waals surface area contributed by atoms with Crippen LogP contribution in [0.4, 0.5) is 0 Å². The first-order valence-corrected chi connectivity index (χ1v) is 20.6. The zero-order valence-corrected chi connectivity index (χ0v) is 30.8. The molecule has 1 aromatic carbocycles. The number of carboxylic acids is 1. The van der Waals surface area contributed by atoms with Crippen molar-refractivity contribution in [3.8, 4) is 0 Å². The molecule has 6 nitrogen and oxygen atoms in total. The van der Waals surface area contributed by atoms with Crippen molar-refractivity contribution in [1.29, 1.82) is 0 Å². The van der Waals surface area contributed by atoms with E-state index in [2.05, 4.69) is 57.8 Å². The van der Waals surface area contributed by atoms with Crippen molar-refractivity contribution in [3.63, 3.8) is 0 Å². The summed E-state index contributed by atoms with van der Waals surface area (Å²) in [5.74, 6) is 1.74. The van der Waals surface area contributed by atoms with Gasteiger partial charge in [-0.25, -0.2) is 13.2 Å². The van der Waals surface area contributed by atoms with Gasteiger partial charge in [0.15, 0.2) is 9.84 Å². The normalized spacial score (nSPS) is 44.0. The quantitative estimate of drug-likeness (QED) is 0.324. The van der Waals surface area contributed by atoms with Gasteiger partial charge in [-0.3, -0.25) is 0 Å². The molecule has 6 aliphatic rings. The molecule has 0 bridgehead atoms. The van der Waals surface area contributed by atoms with Gasteiger partial charge in [0.1, 0.15) is 0 Å². The molecule has 0 amide bonds. The number of carboxylic acid groups (broad SMARTS) is 1. The molecule has 5 fully saturated rings. The molecule has 260 valence electrons. The SMILES string of the molecule is CC1(C)C(c2ccc(C(=O)O)cc2)=CCC2(C)C1CCC1(C)C2CCC2(C)C3CCCC3(NCCN3CCS(=O)(=O)CC3)CC[C@]21C. The molecular weight excluding hydrogens is 605 g/mol. The maximum atomic E-state index is 12.0. The third-order valence-corrected chi connectivity index (χ3v) is 18.1. The molecule has 4 saturated carbocycles. The lowest BCUT2D eigenvalue weighted by atomic mass is 9.30. The third kappa shape index (κ3) is 4.89. The fourth-order valence-electron chi connectivity index (χ4n) is 13.8. The number of carbonyl (C=O) groups is 1. The standard InChI is InChI=1S/C40H60N2O4S/c1-35(2)30(28-9-11-29(12-10-28)34(43)44)13-17-36(3)31(35)14-18-37(4)32(36)15-19-38(5)33-8-7-16-40(33,21-20-39(37,38)6)41-22-23-42-24-26-47(45,46)27-25-42/h9-13,31-33,41H,7-8,14-27H2,1-6H3,(H,43,44)/t31?,32?,33?,36?,37?,38?,39-,40?/m0/s1. The average Bonchev–Trinajstić information content (AvgIpc) is 3.44. The molecule has 5 aliphatic carbocycles. The Morgan fingerprint density at radius 1 is 0.851 bits per heavy atom. The number of nitrogens with one attached hydrogen (secondary N) is 1. The molecule has 0 spiro atoms. The van der Waals surface area contributed by atoms with E-state index in [9.17, 15) is 18.3 Å². The van der Waals surface area contributed by atoms with Gasteiger partial charge in [-0.15, -0.1) is 0 Å². The first-order chi connectivity index (χ1) is 22.0. The van der Waals surface area contributed by atoms with Crippen LogP contribution >= 0.6 is 0 Å². The van der Waals surface area contributed by atoms with Crippen LogP contribution in [0, 0.1) is 44.8 Å².